The fourth-order valence-corrected chi connectivity index (χ4v) is 3.47. The lowest BCUT2D eigenvalue weighted by Gasteiger charge is -2.31. The number of methoxy groups -OCH3 is 1. The predicted molar refractivity (Wildman–Crippen MR) is 82.6 cm³/mol. The highest BCUT2D eigenvalue weighted by molar-refractivity contribution is 5.75. The maximum absolute atomic E-state index is 11.6. The molecule has 0 aromatic heterocycles. The Kier molecular flexibility index (Phi) is 6.12. The lowest BCUT2D eigenvalue weighted by molar-refractivity contribution is -0.143. The van der Waals surface area contributed by atoms with E-state index in [-0.39, 0.29) is 12.5 Å². The molecule has 2 saturated carbocycles. The Balaban J connectivity index is 2.07. The zero-order valence-electron chi connectivity index (χ0n) is 13.4. The van der Waals surface area contributed by atoms with Gasteiger partial charge in [-0.2, -0.15) is 0 Å². The molecular weight excluding hydrogens is 300 g/mol. The van der Waals surface area contributed by atoms with Gasteiger partial charge in [-0.05, 0) is 49.9 Å². The van der Waals surface area contributed by atoms with E-state index < -0.39 is 24.0 Å². The number of carbonyl (C=O) groups is 3. The predicted octanol–water partition coefficient (Wildman–Crippen LogP) is 0.313. The molecule has 0 amide bonds. The van der Waals surface area contributed by atoms with Crippen LogP contribution in [0.1, 0.15) is 38.5 Å². The van der Waals surface area contributed by atoms with Crippen molar-refractivity contribution in [1.82, 2.24) is 5.32 Å². The number of nitrogens with one attached hydrogen (secondary N) is 1. The van der Waals surface area contributed by atoms with Crippen molar-refractivity contribution < 1.29 is 24.2 Å². The molecule has 4 N–H and O–H groups in total. The monoisotopic (exact) mass is 326 g/mol. The first kappa shape index (κ1) is 17.9. The van der Waals surface area contributed by atoms with Crippen LogP contribution >= 0.6 is 0 Å². The molecule has 3 atom stereocenters. The molecule has 2 aliphatic carbocycles. The first-order valence-electron chi connectivity index (χ1n) is 8.22. The Morgan fingerprint density at radius 1 is 1.30 bits per heavy atom. The van der Waals surface area contributed by atoms with E-state index in [0.29, 0.717) is 30.5 Å². The number of hydrogen-bond donors (Lipinski definition) is 3. The van der Waals surface area contributed by atoms with Gasteiger partial charge in [-0.25, -0.2) is 0 Å². The molecule has 2 aliphatic rings. The number of carboxylic acid groups (broad SMARTS) is 1. The van der Waals surface area contributed by atoms with Crippen LogP contribution in [0.15, 0.2) is 0 Å². The number of rotatable bonds is 11. The quantitative estimate of drug-likeness (QED) is 0.369. The van der Waals surface area contributed by atoms with Crippen molar-refractivity contribution in [1.29, 1.82) is 0 Å². The summed E-state index contributed by atoms with van der Waals surface area (Å²) >= 11 is 0. The zero-order chi connectivity index (χ0) is 17.0. The van der Waals surface area contributed by atoms with Crippen LogP contribution in [0.5, 0.6) is 0 Å². The minimum Gasteiger partial charge on any atom is -0.481 e. The first-order chi connectivity index (χ1) is 11.0. The standard InChI is InChI=1S/C16H26N2O5/c1-23-16(22)12(17)7-13(18-11(8-19)6-14(20)21)15(9-2-3-9)10-4-5-10/h8-13,15,18H,2-7,17H2,1H3,(H,20,21)/t11-,12?,13?/m1/s1. The van der Waals surface area contributed by atoms with Gasteiger partial charge in [-0.1, -0.05) is 0 Å². The lowest BCUT2D eigenvalue weighted by Crippen LogP contribution is -2.50. The Morgan fingerprint density at radius 2 is 1.87 bits per heavy atom. The highest BCUT2D eigenvalue weighted by Crippen LogP contribution is 2.51. The maximum Gasteiger partial charge on any atom is 0.322 e. The molecule has 0 bridgehead atoms. The van der Waals surface area contributed by atoms with Gasteiger partial charge in [0, 0.05) is 6.04 Å². The van der Waals surface area contributed by atoms with Gasteiger partial charge in [0.1, 0.15) is 12.3 Å². The van der Waals surface area contributed by atoms with Gasteiger partial charge < -0.3 is 25.7 Å². The number of ether oxygens (including phenoxy) is 1. The second-order valence-corrected chi connectivity index (χ2v) is 6.73. The van der Waals surface area contributed by atoms with Gasteiger partial charge in [-0.3, -0.25) is 9.59 Å². The molecule has 7 nitrogen and oxygen atoms in total. The smallest absolute Gasteiger partial charge is 0.322 e. The zero-order valence-corrected chi connectivity index (χ0v) is 13.4. The number of carboxylic acids is 1. The third-order valence-electron chi connectivity index (χ3n) is 4.80. The molecule has 2 unspecified atom stereocenters. The summed E-state index contributed by atoms with van der Waals surface area (Å²) in [6.07, 6.45) is 5.31. The van der Waals surface area contributed by atoms with E-state index in [1.807, 2.05) is 0 Å². The fraction of sp³-hybridized carbons (Fsp3) is 0.812. The van der Waals surface area contributed by atoms with Crippen LogP contribution in [0.4, 0.5) is 0 Å². The number of esters is 1. The number of nitrogens with two attached hydrogens (primary N) is 1. The highest BCUT2D eigenvalue weighted by atomic mass is 16.5. The molecule has 2 fully saturated rings. The van der Waals surface area contributed by atoms with Crippen LogP contribution in [-0.2, 0) is 19.1 Å². The minimum atomic E-state index is -1.03. The molecule has 0 saturated heterocycles. The van der Waals surface area contributed by atoms with Gasteiger partial charge in [0.25, 0.3) is 0 Å². The van der Waals surface area contributed by atoms with E-state index in [9.17, 15) is 14.4 Å². The van der Waals surface area contributed by atoms with Gasteiger partial charge in [0.15, 0.2) is 0 Å². The van der Waals surface area contributed by atoms with Crippen molar-refractivity contribution in [3.05, 3.63) is 0 Å². The number of hydrogen-bond acceptors (Lipinski definition) is 6. The number of carbonyl (C=O) groups excluding carboxylic acids is 2. The second-order valence-electron chi connectivity index (χ2n) is 6.73. The summed E-state index contributed by atoms with van der Waals surface area (Å²) in [5.74, 6) is 0.00828. The Bertz CT molecular complexity index is 436. The summed E-state index contributed by atoms with van der Waals surface area (Å²) in [5, 5.41) is 12.1. The summed E-state index contributed by atoms with van der Waals surface area (Å²) in [7, 11) is 1.29. The molecular formula is C16H26N2O5. The van der Waals surface area contributed by atoms with E-state index in [4.69, 9.17) is 10.8 Å². The summed E-state index contributed by atoms with van der Waals surface area (Å²) in [6, 6.07) is -1.67. The van der Waals surface area contributed by atoms with Crippen LogP contribution < -0.4 is 11.1 Å². The number of aliphatic carboxylic acids is 1. The van der Waals surface area contributed by atoms with Crippen molar-refractivity contribution in [2.75, 3.05) is 7.11 Å². The third kappa shape index (κ3) is 5.28. The van der Waals surface area contributed by atoms with Crippen LogP contribution in [0.3, 0.4) is 0 Å². The van der Waals surface area contributed by atoms with E-state index in [1.54, 1.807) is 0 Å². The van der Waals surface area contributed by atoms with Gasteiger partial charge in [0.05, 0.1) is 19.6 Å². The largest absolute Gasteiger partial charge is 0.481 e. The topological polar surface area (TPSA) is 119 Å². The maximum atomic E-state index is 11.6. The van der Waals surface area contributed by atoms with Crippen molar-refractivity contribution >= 4 is 18.2 Å². The molecule has 0 spiro atoms. The Morgan fingerprint density at radius 3 is 2.26 bits per heavy atom. The van der Waals surface area contributed by atoms with Crippen molar-refractivity contribution in [2.45, 2.75) is 56.7 Å². The van der Waals surface area contributed by atoms with Crippen LogP contribution in [0.2, 0.25) is 0 Å². The molecule has 0 aliphatic heterocycles. The first-order valence-corrected chi connectivity index (χ1v) is 8.22. The molecule has 0 radical (unpaired) electrons. The molecule has 23 heavy (non-hydrogen) atoms. The normalized spacial score (nSPS) is 21.5. The minimum absolute atomic E-state index is 0.140. The molecule has 130 valence electrons. The molecule has 7 heteroatoms. The van der Waals surface area contributed by atoms with E-state index in [2.05, 4.69) is 10.1 Å². The lowest BCUT2D eigenvalue weighted by atomic mass is 9.85. The van der Waals surface area contributed by atoms with Crippen LogP contribution in [0.25, 0.3) is 0 Å². The average Bonchev–Trinajstić information content (AvgIpc) is 3.39. The third-order valence-corrected chi connectivity index (χ3v) is 4.80. The summed E-state index contributed by atoms with van der Waals surface area (Å²) in [4.78, 5) is 33.7. The van der Waals surface area contributed by atoms with Crippen molar-refractivity contribution in [2.24, 2.45) is 23.5 Å². The number of aldehydes is 1. The van der Waals surface area contributed by atoms with Crippen LogP contribution in [0, 0.1) is 17.8 Å². The van der Waals surface area contributed by atoms with Crippen molar-refractivity contribution in [3.8, 4) is 0 Å². The van der Waals surface area contributed by atoms with E-state index in [0.717, 1.165) is 25.7 Å². The highest BCUT2D eigenvalue weighted by Gasteiger charge is 2.46. The van der Waals surface area contributed by atoms with Crippen LogP contribution in [-0.4, -0.2) is 48.6 Å². The fourth-order valence-electron chi connectivity index (χ4n) is 3.47. The Hall–Kier alpha value is -1.47. The SMILES string of the molecule is COC(=O)C(N)CC(N[C@@H](C=O)CC(=O)O)C(C1CC1)C1CC1. The van der Waals surface area contributed by atoms with Gasteiger partial charge in [0.2, 0.25) is 0 Å². The average molecular weight is 326 g/mol. The summed E-state index contributed by atoms with van der Waals surface area (Å²) in [5.41, 5.74) is 5.91. The molecule has 0 aromatic carbocycles. The Labute approximate surface area is 135 Å². The molecule has 0 heterocycles. The summed E-state index contributed by atoms with van der Waals surface area (Å²) < 4.78 is 4.69. The molecule has 2 rings (SSSR count). The van der Waals surface area contributed by atoms with E-state index in [1.165, 1.54) is 7.11 Å². The summed E-state index contributed by atoms with van der Waals surface area (Å²) in [6.45, 7) is 0. The van der Waals surface area contributed by atoms with E-state index >= 15 is 0 Å². The van der Waals surface area contributed by atoms with Gasteiger partial charge in [-0.15, -0.1) is 0 Å². The van der Waals surface area contributed by atoms with Crippen molar-refractivity contribution in [3.63, 3.8) is 0 Å². The second kappa shape index (κ2) is 7.88. The van der Waals surface area contributed by atoms with Gasteiger partial charge >= 0.3 is 11.9 Å². The molecule has 0 aromatic rings.